The van der Waals surface area contributed by atoms with Crippen LogP contribution in [0.2, 0.25) is 0 Å². The van der Waals surface area contributed by atoms with Gasteiger partial charge in [-0.2, -0.15) is 0 Å². The number of carbonyl (C=O) groups is 1. The Balaban J connectivity index is 1.85. The Kier molecular flexibility index (Phi) is 7.52. The molecular formula is C18H28N2O3. The van der Waals surface area contributed by atoms with E-state index in [-0.39, 0.29) is 17.9 Å². The maximum Gasteiger partial charge on any atom is 0.226 e. The number of carbonyl (C=O) groups excluding carboxylic acids is 1. The standard InChI is InChI=1S/C18H28N2O3/c1-14-5-7-15(8-6-14)17-16(4-3-12-23-17)18(21)20-10-9-19-11-13-22-2/h5-8,16-17,19H,3-4,9-13H2,1-2H3,(H,20,21). The highest BCUT2D eigenvalue weighted by Gasteiger charge is 2.32. The van der Waals surface area contributed by atoms with E-state index in [9.17, 15) is 4.79 Å². The molecule has 0 aromatic heterocycles. The van der Waals surface area contributed by atoms with Crippen molar-refractivity contribution in [2.24, 2.45) is 5.92 Å². The normalized spacial score (nSPS) is 21.1. The third-order valence-electron chi connectivity index (χ3n) is 4.15. The molecule has 1 heterocycles. The van der Waals surface area contributed by atoms with E-state index in [2.05, 4.69) is 41.8 Å². The molecule has 1 aromatic carbocycles. The van der Waals surface area contributed by atoms with Crippen molar-refractivity contribution in [1.29, 1.82) is 0 Å². The summed E-state index contributed by atoms with van der Waals surface area (Å²) in [5, 5.41) is 6.24. The minimum atomic E-state index is -0.134. The number of methoxy groups -OCH3 is 1. The molecule has 1 aliphatic rings. The van der Waals surface area contributed by atoms with E-state index in [0.29, 0.717) is 13.2 Å². The van der Waals surface area contributed by atoms with Crippen LogP contribution in [-0.4, -0.2) is 45.9 Å². The SMILES string of the molecule is COCCNCCNC(=O)C1CCCOC1c1ccc(C)cc1. The van der Waals surface area contributed by atoms with E-state index in [4.69, 9.17) is 9.47 Å². The van der Waals surface area contributed by atoms with Gasteiger partial charge in [0.05, 0.1) is 18.6 Å². The van der Waals surface area contributed by atoms with Crippen molar-refractivity contribution in [1.82, 2.24) is 10.6 Å². The van der Waals surface area contributed by atoms with Crippen molar-refractivity contribution < 1.29 is 14.3 Å². The van der Waals surface area contributed by atoms with E-state index >= 15 is 0 Å². The average molecular weight is 320 g/mol. The Morgan fingerprint density at radius 2 is 2.04 bits per heavy atom. The molecule has 5 nitrogen and oxygen atoms in total. The van der Waals surface area contributed by atoms with Gasteiger partial charge in [0.2, 0.25) is 5.91 Å². The molecule has 1 aliphatic heterocycles. The van der Waals surface area contributed by atoms with Crippen molar-refractivity contribution in [3.05, 3.63) is 35.4 Å². The molecule has 0 aliphatic carbocycles. The average Bonchev–Trinajstić information content (AvgIpc) is 2.58. The zero-order chi connectivity index (χ0) is 16.5. The number of hydrogen-bond donors (Lipinski definition) is 2. The van der Waals surface area contributed by atoms with E-state index < -0.39 is 0 Å². The van der Waals surface area contributed by atoms with Gasteiger partial charge in [0.15, 0.2) is 0 Å². The van der Waals surface area contributed by atoms with Crippen LogP contribution in [0.5, 0.6) is 0 Å². The molecule has 1 amide bonds. The van der Waals surface area contributed by atoms with E-state index in [1.54, 1.807) is 7.11 Å². The van der Waals surface area contributed by atoms with Gasteiger partial charge in [-0.3, -0.25) is 4.79 Å². The lowest BCUT2D eigenvalue weighted by Gasteiger charge is -2.31. The lowest BCUT2D eigenvalue weighted by atomic mass is 9.88. The number of amides is 1. The van der Waals surface area contributed by atoms with Gasteiger partial charge in [0.25, 0.3) is 0 Å². The fourth-order valence-corrected chi connectivity index (χ4v) is 2.84. The first-order valence-electron chi connectivity index (χ1n) is 8.38. The van der Waals surface area contributed by atoms with Gasteiger partial charge in [-0.25, -0.2) is 0 Å². The number of benzene rings is 1. The topological polar surface area (TPSA) is 59.6 Å². The van der Waals surface area contributed by atoms with Gasteiger partial charge in [0.1, 0.15) is 0 Å². The first-order valence-corrected chi connectivity index (χ1v) is 8.38. The van der Waals surface area contributed by atoms with E-state index in [1.807, 2.05) is 0 Å². The molecule has 2 unspecified atom stereocenters. The predicted octanol–water partition coefficient (Wildman–Crippen LogP) is 1.81. The zero-order valence-corrected chi connectivity index (χ0v) is 14.1. The summed E-state index contributed by atoms with van der Waals surface area (Å²) in [6, 6.07) is 8.28. The summed E-state index contributed by atoms with van der Waals surface area (Å²) >= 11 is 0. The summed E-state index contributed by atoms with van der Waals surface area (Å²) < 4.78 is 10.9. The molecule has 2 N–H and O–H groups in total. The Labute approximate surface area is 138 Å². The van der Waals surface area contributed by atoms with Gasteiger partial charge < -0.3 is 20.1 Å². The summed E-state index contributed by atoms with van der Waals surface area (Å²) in [4.78, 5) is 12.5. The Bertz CT molecular complexity index is 476. The first kappa shape index (κ1) is 17.9. The summed E-state index contributed by atoms with van der Waals surface area (Å²) in [6.45, 7) is 5.63. The molecule has 2 atom stereocenters. The molecule has 2 rings (SSSR count). The van der Waals surface area contributed by atoms with Crippen LogP contribution in [0, 0.1) is 12.8 Å². The van der Waals surface area contributed by atoms with Gasteiger partial charge >= 0.3 is 0 Å². The summed E-state index contributed by atoms with van der Waals surface area (Å²) in [5.41, 5.74) is 2.31. The van der Waals surface area contributed by atoms with Crippen LogP contribution in [0.4, 0.5) is 0 Å². The lowest BCUT2D eigenvalue weighted by molar-refractivity contribution is -0.134. The Morgan fingerprint density at radius 1 is 1.26 bits per heavy atom. The van der Waals surface area contributed by atoms with E-state index in [1.165, 1.54) is 5.56 Å². The molecule has 1 fully saturated rings. The lowest BCUT2D eigenvalue weighted by Crippen LogP contribution is -2.40. The molecule has 0 radical (unpaired) electrons. The number of rotatable bonds is 8. The largest absolute Gasteiger partial charge is 0.383 e. The zero-order valence-electron chi connectivity index (χ0n) is 14.1. The molecule has 1 saturated heterocycles. The van der Waals surface area contributed by atoms with Gasteiger partial charge in [-0.15, -0.1) is 0 Å². The second-order valence-electron chi connectivity index (χ2n) is 5.98. The smallest absolute Gasteiger partial charge is 0.226 e. The Hall–Kier alpha value is -1.43. The van der Waals surface area contributed by atoms with Crippen LogP contribution in [0.1, 0.15) is 30.1 Å². The van der Waals surface area contributed by atoms with Crippen LogP contribution in [0.15, 0.2) is 24.3 Å². The van der Waals surface area contributed by atoms with Crippen molar-refractivity contribution in [2.45, 2.75) is 25.9 Å². The molecule has 128 valence electrons. The van der Waals surface area contributed by atoms with Crippen LogP contribution < -0.4 is 10.6 Å². The summed E-state index contributed by atoms with van der Waals surface area (Å²) in [6.07, 6.45) is 1.68. The van der Waals surface area contributed by atoms with Gasteiger partial charge in [0, 0.05) is 33.4 Å². The molecule has 0 spiro atoms. The third-order valence-corrected chi connectivity index (χ3v) is 4.15. The highest BCUT2D eigenvalue weighted by atomic mass is 16.5. The highest BCUT2D eigenvalue weighted by Crippen LogP contribution is 2.33. The van der Waals surface area contributed by atoms with Crippen LogP contribution in [-0.2, 0) is 14.3 Å². The third kappa shape index (κ3) is 5.61. The number of ether oxygens (including phenoxy) is 2. The summed E-state index contributed by atoms with van der Waals surface area (Å²) in [7, 11) is 1.68. The van der Waals surface area contributed by atoms with Crippen LogP contribution >= 0.6 is 0 Å². The first-order chi connectivity index (χ1) is 11.2. The van der Waals surface area contributed by atoms with Crippen molar-refractivity contribution >= 4 is 5.91 Å². The van der Waals surface area contributed by atoms with E-state index in [0.717, 1.165) is 38.1 Å². The summed E-state index contributed by atoms with van der Waals surface area (Å²) in [5.74, 6) is -0.0192. The van der Waals surface area contributed by atoms with Crippen molar-refractivity contribution in [3.63, 3.8) is 0 Å². The molecule has 23 heavy (non-hydrogen) atoms. The number of hydrogen-bond acceptors (Lipinski definition) is 4. The van der Waals surface area contributed by atoms with Crippen LogP contribution in [0.3, 0.4) is 0 Å². The number of nitrogens with one attached hydrogen (secondary N) is 2. The van der Waals surface area contributed by atoms with Gasteiger partial charge in [-0.1, -0.05) is 29.8 Å². The minimum absolute atomic E-state index is 0.0869. The number of aryl methyl sites for hydroxylation is 1. The predicted molar refractivity (Wildman–Crippen MR) is 90.4 cm³/mol. The maximum atomic E-state index is 12.5. The monoisotopic (exact) mass is 320 g/mol. The fourth-order valence-electron chi connectivity index (χ4n) is 2.84. The maximum absolute atomic E-state index is 12.5. The second kappa shape index (κ2) is 9.65. The molecular weight excluding hydrogens is 292 g/mol. The molecule has 5 heteroatoms. The van der Waals surface area contributed by atoms with Gasteiger partial charge in [-0.05, 0) is 25.3 Å². The van der Waals surface area contributed by atoms with Crippen LogP contribution in [0.25, 0.3) is 0 Å². The quantitative estimate of drug-likeness (QED) is 0.717. The fraction of sp³-hybridized carbons (Fsp3) is 0.611. The van der Waals surface area contributed by atoms with Crippen molar-refractivity contribution in [2.75, 3.05) is 40.0 Å². The van der Waals surface area contributed by atoms with Crippen molar-refractivity contribution in [3.8, 4) is 0 Å². The molecule has 0 saturated carbocycles. The highest BCUT2D eigenvalue weighted by molar-refractivity contribution is 5.79. The Morgan fingerprint density at radius 3 is 2.78 bits per heavy atom. The second-order valence-corrected chi connectivity index (χ2v) is 5.98. The minimum Gasteiger partial charge on any atom is -0.383 e. The molecule has 0 bridgehead atoms. The molecule has 1 aromatic rings.